The minimum atomic E-state index is -3.87. The van der Waals surface area contributed by atoms with Crippen LogP contribution in [-0.4, -0.2) is 62.7 Å². The Morgan fingerprint density at radius 2 is 1.68 bits per heavy atom. The number of sulfonamides is 1. The summed E-state index contributed by atoms with van der Waals surface area (Å²) in [7, 11) is -3.87. The average molecular weight is 587 g/mol. The van der Waals surface area contributed by atoms with E-state index in [2.05, 4.69) is 5.32 Å². The summed E-state index contributed by atoms with van der Waals surface area (Å²) in [6.45, 7) is 7.14. The second-order valence-electron chi connectivity index (χ2n) is 9.00. The highest BCUT2D eigenvalue weighted by molar-refractivity contribution is 7.92. The molecule has 0 radical (unpaired) electrons. The van der Waals surface area contributed by atoms with E-state index in [9.17, 15) is 18.0 Å². The first kappa shape index (κ1) is 29.9. The molecule has 0 saturated carbocycles. The van der Waals surface area contributed by atoms with Gasteiger partial charge in [0.15, 0.2) is 11.5 Å². The number of ether oxygens (including phenoxy) is 2. The van der Waals surface area contributed by atoms with Gasteiger partial charge < -0.3 is 19.7 Å². The monoisotopic (exact) mass is 585 g/mol. The number of carbonyl (C=O) groups excluding carboxylic acids is 2. The summed E-state index contributed by atoms with van der Waals surface area (Å²) in [5.41, 5.74) is 0.899. The number of rotatable bonds is 11. The fourth-order valence-electron chi connectivity index (χ4n) is 3.79. The van der Waals surface area contributed by atoms with E-state index in [1.165, 1.54) is 17.9 Å². The highest BCUT2D eigenvalue weighted by atomic mass is 35.5. The molecule has 38 heavy (non-hydrogen) atoms. The van der Waals surface area contributed by atoms with Crippen molar-refractivity contribution in [3.05, 3.63) is 52.0 Å². The highest BCUT2D eigenvalue weighted by Crippen LogP contribution is 2.35. The van der Waals surface area contributed by atoms with Crippen LogP contribution in [0, 0.1) is 0 Å². The van der Waals surface area contributed by atoms with Gasteiger partial charge in [-0.25, -0.2) is 8.42 Å². The number of carbonyl (C=O) groups is 2. The molecule has 0 bridgehead atoms. The van der Waals surface area contributed by atoms with Gasteiger partial charge in [0.1, 0.15) is 25.8 Å². The van der Waals surface area contributed by atoms with Crippen LogP contribution < -0.4 is 19.1 Å². The molecule has 2 aromatic rings. The molecule has 2 aromatic carbocycles. The first-order valence-electron chi connectivity index (χ1n) is 12.4. The van der Waals surface area contributed by atoms with Gasteiger partial charge >= 0.3 is 0 Å². The van der Waals surface area contributed by atoms with Crippen molar-refractivity contribution in [3.63, 3.8) is 0 Å². The highest BCUT2D eigenvalue weighted by Gasteiger charge is 2.32. The Kier molecular flexibility index (Phi) is 10.1. The van der Waals surface area contributed by atoms with E-state index in [1.807, 2.05) is 13.8 Å². The molecule has 0 unspecified atom stereocenters. The zero-order chi connectivity index (χ0) is 28.0. The Bertz CT molecular complexity index is 1270. The van der Waals surface area contributed by atoms with Crippen molar-refractivity contribution in [2.45, 2.75) is 52.7 Å². The predicted molar refractivity (Wildman–Crippen MR) is 149 cm³/mol. The van der Waals surface area contributed by atoms with Crippen molar-refractivity contribution in [3.8, 4) is 11.5 Å². The fraction of sp³-hybridized carbons (Fsp3) is 0.462. The molecule has 1 aliphatic heterocycles. The predicted octanol–water partition coefficient (Wildman–Crippen LogP) is 4.25. The molecule has 0 saturated heterocycles. The van der Waals surface area contributed by atoms with Gasteiger partial charge in [-0.1, -0.05) is 36.2 Å². The molecule has 0 spiro atoms. The van der Waals surface area contributed by atoms with E-state index in [1.54, 1.807) is 37.3 Å². The summed E-state index contributed by atoms with van der Waals surface area (Å²) in [5, 5.41) is 3.55. The van der Waals surface area contributed by atoms with Crippen LogP contribution in [0.3, 0.4) is 0 Å². The number of nitrogens with zero attached hydrogens (tertiary/aromatic N) is 2. The Morgan fingerprint density at radius 1 is 1.00 bits per heavy atom. The number of nitrogens with one attached hydrogen (secondary N) is 1. The minimum absolute atomic E-state index is 0.0198. The standard InChI is InChI=1S/C26H33Cl2N3O6S/c1-5-17(3)29-26(33)18(4)30(15-19-7-9-21(27)22(28)13-19)25(32)16-31(38(34,35)6-2)20-8-10-23-24(14-20)37-12-11-36-23/h7-10,13-14,17-18H,5-6,11-12,15-16H2,1-4H3,(H,29,33)/t17-,18+/m0/s1. The zero-order valence-electron chi connectivity index (χ0n) is 21.9. The molecule has 3 rings (SSSR count). The third-order valence-electron chi connectivity index (χ3n) is 6.30. The van der Waals surface area contributed by atoms with E-state index in [-0.39, 0.29) is 29.9 Å². The molecular weight excluding hydrogens is 553 g/mol. The smallest absolute Gasteiger partial charge is 0.244 e. The quantitative estimate of drug-likeness (QED) is 0.422. The van der Waals surface area contributed by atoms with Gasteiger partial charge in [-0.2, -0.15) is 0 Å². The SMILES string of the molecule is CC[C@H](C)NC(=O)[C@@H](C)N(Cc1ccc(Cl)c(Cl)c1)C(=O)CN(c1ccc2c(c1)OCCO2)S(=O)(=O)CC. The molecule has 0 aromatic heterocycles. The maximum atomic E-state index is 13.8. The second kappa shape index (κ2) is 12.9. The third kappa shape index (κ3) is 7.24. The van der Waals surface area contributed by atoms with E-state index in [0.29, 0.717) is 46.7 Å². The van der Waals surface area contributed by atoms with Crippen LogP contribution in [0.5, 0.6) is 11.5 Å². The van der Waals surface area contributed by atoms with E-state index in [4.69, 9.17) is 32.7 Å². The van der Waals surface area contributed by atoms with Crippen molar-refractivity contribution in [1.82, 2.24) is 10.2 Å². The van der Waals surface area contributed by atoms with Crippen molar-refractivity contribution >= 4 is 50.7 Å². The van der Waals surface area contributed by atoms with Crippen LogP contribution in [0.2, 0.25) is 10.0 Å². The Hall–Kier alpha value is -2.69. The van der Waals surface area contributed by atoms with E-state index >= 15 is 0 Å². The van der Waals surface area contributed by atoms with Crippen LogP contribution >= 0.6 is 23.2 Å². The van der Waals surface area contributed by atoms with Gasteiger partial charge in [-0.3, -0.25) is 13.9 Å². The molecule has 208 valence electrons. The van der Waals surface area contributed by atoms with Gasteiger partial charge in [-0.15, -0.1) is 0 Å². The number of hydrogen-bond acceptors (Lipinski definition) is 6. The minimum Gasteiger partial charge on any atom is -0.486 e. The third-order valence-corrected chi connectivity index (χ3v) is 8.78. The topological polar surface area (TPSA) is 105 Å². The Labute approximate surface area is 234 Å². The Morgan fingerprint density at radius 3 is 2.32 bits per heavy atom. The molecule has 9 nitrogen and oxygen atoms in total. The number of halogens is 2. The van der Waals surface area contributed by atoms with Crippen LogP contribution in [0.15, 0.2) is 36.4 Å². The van der Waals surface area contributed by atoms with Crippen molar-refractivity contribution in [2.75, 3.05) is 29.8 Å². The van der Waals surface area contributed by atoms with Gasteiger partial charge in [0.25, 0.3) is 0 Å². The lowest BCUT2D eigenvalue weighted by Crippen LogP contribution is -2.52. The molecule has 2 atom stereocenters. The van der Waals surface area contributed by atoms with Crippen molar-refractivity contribution in [1.29, 1.82) is 0 Å². The van der Waals surface area contributed by atoms with E-state index < -0.39 is 28.5 Å². The molecular formula is C26H33Cl2N3O6S. The van der Waals surface area contributed by atoms with Crippen molar-refractivity contribution < 1.29 is 27.5 Å². The first-order valence-corrected chi connectivity index (χ1v) is 14.8. The molecule has 0 fully saturated rings. The summed E-state index contributed by atoms with van der Waals surface area (Å²) in [5.74, 6) is -0.249. The molecule has 2 amide bonds. The molecule has 12 heteroatoms. The lowest BCUT2D eigenvalue weighted by molar-refractivity contribution is -0.139. The van der Waals surface area contributed by atoms with Gasteiger partial charge in [0, 0.05) is 18.7 Å². The summed E-state index contributed by atoms with van der Waals surface area (Å²) >= 11 is 12.2. The second-order valence-corrected chi connectivity index (χ2v) is 12.0. The molecule has 1 aliphatic rings. The summed E-state index contributed by atoms with van der Waals surface area (Å²) < 4.78 is 38.4. The van der Waals surface area contributed by atoms with Crippen molar-refractivity contribution in [2.24, 2.45) is 0 Å². The number of hydrogen-bond donors (Lipinski definition) is 1. The first-order chi connectivity index (χ1) is 18.0. The van der Waals surface area contributed by atoms with E-state index in [0.717, 1.165) is 4.31 Å². The molecule has 1 heterocycles. The maximum Gasteiger partial charge on any atom is 0.244 e. The largest absolute Gasteiger partial charge is 0.486 e. The average Bonchev–Trinajstić information content (AvgIpc) is 2.91. The normalized spacial score (nSPS) is 14.4. The number of benzene rings is 2. The Balaban J connectivity index is 1.96. The number of amides is 2. The number of fused-ring (bicyclic) bond motifs is 1. The van der Waals surface area contributed by atoms with Crippen LogP contribution in [0.1, 0.15) is 39.7 Å². The number of anilines is 1. The maximum absolute atomic E-state index is 13.8. The van der Waals surface area contributed by atoms with Crippen LogP contribution in [-0.2, 0) is 26.2 Å². The van der Waals surface area contributed by atoms with Crippen LogP contribution in [0.4, 0.5) is 5.69 Å². The van der Waals surface area contributed by atoms with Gasteiger partial charge in [0.05, 0.1) is 21.5 Å². The van der Waals surface area contributed by atoms with Gasteiger partial charge in [-0.05, 0) is 57.0 Å². The molecule has 1 N–H and O–H groups in total. The summed E-state index contributed by atoms with van der Waals surface area (Å²) in [4.78, 5) is 28.1. The zero-order valence-corrected chi connectivity index (χ0v) is 24.2. The lowest BCUT2D eigenvalue weighted by atomic mass is 10.1. The molecule has 0 aliphatic carbocycles. The fourth-order valence-corrected chi connectivity index (χ4v) is 5.16. The summed E-state index contributed by atoms with van der Waals surface area (Å²) in [6, 6.07) is 8.66. The summed E-state index contributed by atoms with van der Waals surface area (Å²) in [6.07, 6.45) is 0.714. The van der Waals surface area contributed by atoms with Gasteiger partial charge in [0.2, 0.25) is 21.8 Å². The lowest BCUT2D eigenvalue weighted by Gasteiger charge is -2.32. The van der Waals surface area contributed by atoms with Crippen LogP contribution in [0.25, 0.3) is 0 Å².